The second-order valence-electron chi connectivity index (χ2n) is 6.33. The first-order valence-electron chi connectivity index (χ1n) is 9.44. The van der Waals surface area contributed by atoms with Crippen LogP contribution >= 0.6 is 11.8 Å². The van der Waals surface area contributed by atoms with Gasteiger partial charge in [-0.2, -0.15) is 0 Å². The van der Waals surface area contributed by atoms with Crippen LogP contribution in [-0.2, 0) is 14.3 Å². The first kappa shape index (κ1) is 22.6. The summed E-state index contributed by atoms with van der Waals surface area (Å²) in [6.45, 7) is 6.90. The van der Waals surface area contributed by atoms with Crippen molar-refractivity contribution in [2.24, 2.45) is 0 Å². The molecule has 29 heavy (non-hydrogen) atoms. The van der Waals surface area contributed by atoms with Crippen molar-refractivity contribution in [3.05, 3.63) is 53.6 Å². The molecule has 2 aromatic rings. The minimum Gasteiger partial charge on any atom is -0.494 e. The molecule has 156 valence electrons. The Balaban J connectivity index is 1.57. The number of ether oxygens (including phenoxy) is 3. The molecular weight excluding hydrogens is 390 g/mol. The number of hydrogen-bond acceptors (Lipinski definition) is 6. The summed E-state index contributed by atoms with van der Waals surface area (Å²) >= 11 is 1.22. The molecule has 0 fully saturated rings. The molecule has 0 saturated carbocycles. The highest BCUT2D eigenvalue weighted by Gasteiger charge is 2.08. The number of carbonyl (C=O) groups excluding carboxylic acids is 2. The molecule has 0 spiro atoms. The number of hydrogen-bond donors (Lipinski definition) is 1. The van der Waals surface area contributed by atoms with Crippen LogP contribution in [0.4, 0.5) is 5.69 Å². The normalized spacial score (nSPS) is 10.3. The second-order valence-corrected chi connectivity index (χ2v) is 7.32. The fraction of sp³-hybridized carbons (Fsp3) is 0.364. The SMILES string of the molecule is CCOc1ccc(OCCOC(=O)CSCC(=O)Nc2ccc(C)cc2C)cc1. The van der Waals surface area contributed by atoms with Crippen molar-refractivity contribution in [3.63, 3.8) is 0 Å². The number of aryl methyl sites for hydroxylation is 2. The molecule has 0 bridgehead atoms. The first-order valence-corrected chi connectivity index (χ1v) is 10.6. The standard InChI is InChI=1S/C22H27NO5S/c1-4-26-18-6-8-19(9-7-18)27-11-12-28-22(25)15-29-14-21(24)23-20-10-5-16(2)13-17(20)3/h5-10,13H,4,11-12,14-15H2,1-3H3,(H,23,24). The maximum Gasteiger partial charge on any atom is 0.316 e. The Morgan fingerprint density at radius 1 is 0.931 bits per heavy atom. The van der Waals surface area contributed by atoms with Crippen LogP contribution in [0.5, 0.6) is 11.5 Å². The number of amides is 1. The Bertz CT molecular complexity index is 807. The van der Waals surface area contributed by atoms with E-state index in [0.717, 1.165) is 22.6 Å². The third-order valence-corrected chi connectivity index (χ3v) is 4.77. The van der Waals surface area contributed by atoms with Crippen LogP contribution in [0.15, 0.2) is 42.5 Å². The quantitative estimate of drug-likeness (QED) is 0.440. The van der Waals surface area contributed by atoms with Gasteiger partial charge < -0.3 is 19.5 Å². The summed E-state index contributed by atoms with van der Waals surface area (Å²) in [5.74, 6) is 1.25. The van der Waals surface area contributed by atoms with Crippen LogP contribution in [0.25, 0.3) is 0 Å². The predicted molar refractivity (Wildman–Crippen MR) is 116 cm³/mol. The summed E-state index contributed by atoms with van der Waals surface area (Å²) in [4.78, 5) is 23.8. The molecule has 7 heteroatoms. The maximum absolute atomic E-state index is 12.0. The summed E-state index contributed by atoms with van der Waals surface area (Å²) in [6, 6.07) is 13.1. The van der Waals surface area contributed by atoms with E-state index in [-0.39, 0.29) is 36.6 Å². The van der Waals surface area contributed by atoms with Gasteiger partial charge in [-0.15, -0.1) is 11.8 Å². The Kier molecular flexibility index (Phi) is 9.37. The lowest BCUT2D eigenvalue weighted by Crippen LogP contribution is -2.18. The highest BCUT2D eigenvalue weighted by atomic mass is 32.2. The first-order chi connectivity index (χ1) is 14.0. The molecule has 1 amide bonds. The molecule has 0 aromatic heterocycles. The zero-order valence-corrected chi connectivity index (χ0v) is 17.8. The lowest BCUT2D eigenvalue weighted by atomic mass is 10.1. The number of nitrogens with one attached hydrogen (secondary N) is 1. The van der Waals surface area contributed by atoms with Gasteiger partial charge in [-0.05, 0) is 56.7 Å². The second kappa shape index (κ2) is 12.0. The molecule has 0 unspecified atom stereocenters. The third-order valence-electron chi connectivity index (χ3n) is 3.86. The minimum absolute atomic E-state index is 0.114. The van der Waals surface area contributed by atoms with Crippen molar-refractivity contribution in [1.29, 1.82) is 0 Å². The van der Waals surface area contributed by atoms with Crippen molar-refractivity contribution in [2.75, 3.05) is 36.6 Å². The molecule has 0 aliphatic rings. The van der Waals surface area contributed by atoms with Crippen molar-refractivity contribution in [2.45, 2.75) is 20.8 Å². The fourth-order valence-corrected chi connectivity index (χ4v) is 3.13. The number of esters is 1. The smallest absolute Gasteiger partial charge is 0.316 e. The van der Waals surface area contributed by atoms with Crippen LogP contribution in [0.1, 0.15) is 18.1 Å². The van der Waals surface area contributed by atoms with Gasteiger partial charge in [-0.3, -0.25) is 9.59 Å². The van der Waals surface area contributed by atoms with E-state index in [4.69, 9.17) is 14.2 Å². The molecule has 6 nitrogen and oxygen atoms in total. The predicted octanol–water partition coefficient (Wildman–Crippen LogP) is 4.00. The number of thioether (sulfide) groups is 1. The zero-order valence-electron chi connectivity index (χ0n) is 17.0. The molecular formula is C22H27NO5S. The van der Waals surface area contributed by atoms with Crippen molar-refractivity contribution in [1.82, 2.24) is 0 Å². The molecule has 2 aromatic carbocycles. The Morgan fingerprint density at radius 2 is 1.62 bits per heavy atom. The van der Waals surface area contributed by atoms with Crippen molar-refractivity contribution < 1.29 is 23.8 Å². The summed E-state index contributed by atoms with van der Waals surface area (Å²) in [6.07, 6.45) is 0. The van der Waals surface area contributed by atoms with Gasteiger partial charge in [-0.25, -0.2) is 0 Å². The average molecular weight is 418 g/mol. The van der Waals surface area contributed by atoms with Gasteiger partial charge in [0, 0.05) is 5.69 Å². The van der Waals surface area contributed by atoms with Crippen LogP contribution in [0, 0.1) is 13.8 Å². The highest BCUT2D eigenvalue weighted by molar-refractivity contribution is 8.00. The Hall–Kier alpha value is -2.67. The van der Waals surface area contributed by atoms with E-state index in [0.29, 0.717) is 12.4 Å². The lowest BCUT2D eigenvalue weighted by molar-refractivity contribution is -0.141. The van der Waals surface area contributed by atoms with Crippen molar-refractivity contribution >= 4 is 29.3 Å². The van der Waals surface area contributed by atoms with Gasteiger partial charge in [0.25, 0.3) is 0 Å². The van der Waals surface area contributed by atoms with E-state index in [1.54, 1.807) is 12.1 Å². The molecule has 1 N–H and O–H groups in total. The zero-order chi connectivity index (χ0) is 21.1. The van der Waals surface area contributed by atoms with Gasteiger partial charge in [-0.1, -0.05) is 17.7 Å². The Morgan fingerprint density at radius 3 is 2.28 bits per heavy atom. The lowest BCUT2D eigenvalue weighted by Gasteiger charge is -2.09. The monoisotopic (exact) mass is 417 g/mol. The molecule has 0 radical (unpaired) electrons. The number of carbonyl (C=O) groups is 2. The summed E-state index contributed by atoms with van der Waals surface area (Å²) in [7, 11) is 0. The summed E-state index contributed by atoms with van der Waals surface area (Å²) in [5, 5.41) is 2.85. The third kappa shape index (κ3) is 8.48. The molecule has 0 aliphatic carbocycles. The van der Waals surface area contributed by atoms with E-state index in [1.165, 1.54) is 11.8 Å². The van der Waals surface area contributed by atoms with E-state index in [1.807, 2.05) is 51.1 Å². The van der Waals surface area contributed by atoms with Crippen molar-refractivity contribution in [3.8, 4) is 11.5 Å². The van der Waals surface area contributed by atoms with E-state index in [9.17, 15) is 9.59 Å². The van der Waals surface area contributed by atoms with E-state index >= 15 is 0 Å². The van der Waals surface area contributed by atoms with Gasteiger partial charge in [0.05, 0.1) is 18.1 Å². The van der Waals surface area contributed by atoms with Gasteiger partial charge >= 0.3 is 5.97 Å². The largest absolute Gasteiger partial charge is 0.494 e. The molecule has 0 atom stereocenters. The number of anilines is 1. The van der Waals surface area contributed by atoms with E-state index < -0.39 is 0 Å². The molecule has 0 aliphatic heterocycles. The molecule has 0 heterocycles. The van der Waals surface area contributed by atoms with Crippen LogP contribution < -0.4 is 14.8 Å². The highest BCUT2D eigenvalue weighted by Crippen LogP contribution is 2.18. The van der Waals surface area contributed by atoms with Crippen LogP contribution in [0.2, 0.25) is 0 Å². The Labute approximate surface area is 175 Å². The van der Waals surface area contributed by atoms with Crippen LogP contribution in [-0.4, -0.2) is 43.2 Å². The van der Waals surface area contributed by atoms with Gasteiger partial charge in [0.2, 0.25) is 5.91 Å². The fourth-order valence-electron chi connectivity index (χ4n) is 2.52. The molecule has 2 rings (SSSR count). The summed E-state index contributed by atoms with van der Waals surface area (Å²) < 4.78 is 16.0. The molecule has 0 saturated heterocycles. The topological polar surface area (TPSA) is 73.9 Å². The average Bonchev–Trinajstić information content (AvgIpc) is 2.69. The minimum atomic E-state index is -0.371. The van der Waals surface area contributed by atoms with Gasteiger partial charge in [0.15, 0.2) is 0 Å². The van der Waals surface area contributed by atoms with E-state index in [2.05, 4.69) is 5.32 Å². The number of benzene rings is 2. The maximum atomic E-state index is 12.0. The van der Waals surface area contributed by atoms with Crippen LogP contribution in [0.3, 0.4) is 0 Å². The summed E-state index contributed by atoms with van der Waals surface area (Å²) in [5.41, 5.74) is 2.94. The number of rotatable bonds is 11. The van der Waals surface area contributed by atoms with Gasteiger partial charge in [0.1, 0.15) is 24.7 Å².